The van der Waals surface area contributed by atoms with Crippen molar-refractivity contribution in [2.75, 3.05) is 6.54 Å². The highest BCUT2D eigenvalue weighted by Gasteiger charge is 2.24. The molecule has 3 N–H and O–H groups in total. The lowest BCUT2D eigenvalue weighted by Crippen LogP contribution is -2.50. The number of carbonyl (C=O) groups excluding carboxylic acids is 1. The smallest absolute Gasteiger partial charge is 0.239 e. The third kappa shape index (κ3) is 4.88. The topological polar surface area (TPSA) is 55.1 Å². The van der Waals surface area contributed by atoms with Gasteiger partial charge < -0.3 is 11.1 Å². The highest BCUT2D eigenvalue weighted by atomic mass is 16.2. The molecule has 13 heavy (non-hydrogen) atoms. The Morgan fingerprint density at radius 3 is 2.08 bits per heavy atom. The van der Waals surface area contributed by atoms with Crippen LogP contribution in [0.5, 0.6) is 0 Å². The van der Waals surface area contributed by atoms with E-state index in [1.807, 2.05) is 0 Å². The third-order valence-corrected chi connectivity index (χ3v) is 2.27. The van der Waals surface area contributed by atoms with Gasteiger partial charge in [0.15, 0.2) is 0 Å². The highest BCUT2D eigenvalue weighted by molar-refractivity contribution is 5.85. The van der Waals surface area contributed by atoms with Crippen LogP contribution in [-0.2, 0) is 4.79 Å². The maximum absolute atomic E-state index is 11.4. The van der Waals surface area contributed by atoms with Gasteiger partial charge in [0.1, 0.15) is 0 Å². The van der Waals surface area contributed by atoms with Gasteiger partial charge in [0.05, 0.1) is 5.54 Å². The van der Waals surface area contributed by atoms with Crippen molar-refractivity contribution in [3.63, 3.8) is 0 Å². The van der Waals surface area contributed by atoms with Gasteiger partial charge in [0.2, 0.25) is 5.91 Å². The van der Waals surface area contributed by atoms with Crippen LogP contribution >= 0.6 is 0 Å². The van der Waals surface area contributed by atoms with Gasteiger partial charge in [-0.15, -0.1) is 0 Å². The Morgan fingerprint density at radius 2 is 1.77 bits per heavy atom. The second kappa shape index (κ2) is 4.09. The van der Waals surface area contributed by atoms with E-state index in [-0.39, 0.29) is 11.3 Å². The predicted molar refractivity (Wildman–Crippen MR) is 55.3 cm³/mol. The van der Waals surface area contributed by atoms with E-state index in [0.29, 0.717) is 6.54 Å². The summed E-state index contributed by atoms with van der Waals surface area (Å²) in [6, 6.07) is 0. The van der Waals surface area contributed by atoms with Gasteiger partial charge in [-0.3, -0.25) is 4.79 Å². The van der Waals surface area contributed by atoms with Crippen molar-refractivity contribution >= 4 is 5.91 Å². The average molecular weight is 186 g/mol. The van der Waals surface area contributed by atoms with Crippen LogP contribution in [-0.4, -0.2) is 18.0 Å². The maximum atomic E-state index is 11.4. The zero-order valence-electron chi connectivity index (χ0n) is 9.40. The molecule has 0 bridgehead atoms. The summed E-state index contributed by atoms with van der Waals surface area (Å²) >= 11 is 0. The van der Waals surface area contributed by atoms with E-state index in [0.717, 1.165) is 6.42 Å². The predicted octanol–water partition coefficient (Wildman–Crippen LogP) is 1.28. The minimum Gasteiger partial charge on any atom is -0.354 e. The lowest BCUT2D eigenvalue weighted by molar-refractivity contribution is -0.125. The Labute approximate surface area is 81.1 Å². The SMILES string of the molecule is CCC(C)(C)CNC(=O)C(C)(C)N. The third-order valence-electron chi connectivity index (χ3n) is 2.27. The molecule has 0 saturated heterocycles. The van der Waals surface area contributed by atoms with Crippen LogP contribution in [0.4, 0.5) is 0 Å². The van der Waals surface area contributed by atoms with Gasteiger partial charge in [-0.05, 0) is 25.7 Å². The van der Waals surface area contributed by atoms with Crippen molar-refractivity contribution in [2.45, 2.75) is 46.6 Å². The molecule has 0 heterocycles. The molecule has 0 aliphatic carbocycles. The Morgan fingerprint density at radius 1 is 1.31 bits per heavy atom. The van der Waals surface area contributed by atoms with E-state index in [1.165, 1.54) is 0 Å². The zero-order valence-corrected chi connectivity index (χ0v) is 9.40. The first-order valence-corrected chi connectivity index (χ1v) is 4.76. The molecule has 1 amide bonds. The summed E-state index contributed by atoms with van der Waals surface area (Å²) in [5, 5.41) is 2.85. The number of nitrogens with two attached hydrogens (primary N) is 1. The van der Waals surface area contributed by atoms with E-state index < -0.39 is 5.54 Å². The Kier molecular flexibility index (Phi) is 3.91. The number of hydrogen-bond donors (Lipinski definition) is 2. The number of amides is 1. The summed E-state index contributed by atoms with van der Waals surface area (Å²) in [7, 11) is 0. The van der Waals surface area contributed by atoms with Gasteiger partial charge in [-0.1, -0.05) is 20.8 Å². The fraction of sp³-hybridized carbons (Fsp3) is 0.900. The quantitative estimate of drug-likeness (QED) is 0.695. The molecular formula is C10H22N2O. The van der Waals surface area contributed by atoms with Crippen molar-refractivity contribution in [1.29, 1.82) is 0 Å². The fourth-order valence-electron chi connectivity index (χ4n) is 0.672. The van der Waals surface area contributed by atoms with E-state index >= 15 is 0 Å². The van der Waals surface area contributed by atoms with Crippen LogP contribution < -0.4 is 11.1 Å². The molecule has 0 aromatic heterocycles. The molecular weight excluding hydrogens is 164 g/mol. The first-order valence-electron chi connectivity index (χ1n) is 4.76. The van der Waals surface area contributed by atoms with Crippen LogP contribution in [0.15, 0.2) is 0 Å². The Bertz CT molecular complexity index is 180. The van der Waals surface area contributed by atoms with Gasteiger partial charge in [-0.25, -0.2) is 0 Å². The average Bonchev–Trinajstić information content (AvgIpc) is 1.98. The summed E-state index contributed by atoms with van der Waals surface area (Å²) in [6.07, 6.45) is 1.04. The lowest BCUT2D eigenvalue weighted by atomic mass is 9.90. The van der Waals surface area contributed by atoms with E-state index in [2.05, 4.69) is 26.1 Å². The van der Waals surface area contributed by atoms with Gasteiger partial charge in [0, 0.05) is 6.54 Å². The first-order chi connectivity index (χ1) is 5.69. The molecule has 78 valence electrons. The number of hydrogen-bond acceptors (Lipinski definition) is 2. The molecule has 0 radical (unpaired) electrons. The zero-order chi connectivity index (χ0) is 10.7. The minimum absolute atomic E-state index is 0.0889. The summed E-state index contributed by atoms with van der Waals surface area (Å²) in [4.78, 5) is 11.4. The molecule has 0 aliphatic rings. The molecule has 0 rings (SSSR count). The van der Waals surface area contributed by atoms with Crippen LogP contribution in [0.1, 0.15) is 41.0 Å². The first kappa shape index (κ1) is 12.4. The maximum Gasteiger partial charge on any atom is 0.239 e. The van der Waals surface area contributed by atoms with Gasteiger partial charge >= 0.3 is 0 Å². The number of rotatable bonds is 4. The second-order valence-electron chi connectivity index (χ2n) is 4.92. The molecule has 0 atom stereocenters. The van der Waals surface area contributed by atoms with Crippen molar-refractivity contribution in [3.05, 3.63) is 0 Å². The van der Waals surface area contributed by atoms with Crippen LogP contribution in [0, 0.1) is 5.41 Å². The Hall–Kier alpha value is -0.570. The molecule has 0 aliphatic heterocycles. The lowest BCUT2D eigenvalue weighted by Gasteiger charge is -2.25. The van der Waals surface area contributed by atoms with Crippen LogP contribution in [0.25, 0.3) is 0 Å². The normalized spacial score (nSPS) is 12.8. The molecule has 0 aromatic rings. The fourth-order valence-corrected chi connectivity index (χ4v) is 0.672. The highest BCUT2D eigenvalue weighted by Crippen LogP contribution is 2.17. The van der Waals surface area contributed by atoms with E-state index in [1.54, 1.807) is 13.8 Å². The van der Waals surface area contributed by atoms with Crippen molar-refractivity contribution in [3.8, 4) is 0 Å². The number of carbonyl (C=O) groups is 1. The molecule has 0 aromatic carbocycles. The largest absolute Gasteiger partial charge is 0.354 e. The molecule has 3 nitrogen and oxygen atoms in total. The molecule has 3 heteroatoms. The van der Waals surface area contributed by atoms with Gasteiger partial charge in [-0.2, -0.15) is 0 Å². The summed E-state index contributed by atoms with van der Waals surface area (Å²) < 4.78 is 0. The number of nitrogens with one attached hydrogen (secondary N) is 1. The van der Waals surface area contributed by atoms with Crippen molar-refractivity contribution in [1.82, 2.24) is 5.32 Å². The summed E-state index contributed by atoms with van der Waals surface area (Å²) in [5.74, 6) is -0.0889. The second-order valence-corrected chi connectivity index (χ2v) is 4.92. The van der Waals surface area contributed by atoms with E-state index in [9.17, 15) is 4.79 Å². The van der Waals surface area contributed by atoms with Crippen LogP contribution in [0.2, 0.25) is 0 Å². The molecule has 0 spiro atoms. The molecule has 0 fully saturated rings. The van der Waals surface area contributed by atoms with E-state index in [4.69, 9.17) is 5.73 Å². The van der Waals surface area contributed by atoms with Crippen LogP contribution in [0.3, 0.4) is 0 Å². The minimum atomic E-state index is -0.774. The summed E-state index contributed by atoms with van der Waals surface area (Å²) in [5.41, 5.74) is 5.02. The Balaban J connectivity index is 3.98. The van der Waals surface area contributed by atoms with Gasteiger partial charge in [0.25, 0.3) is 0 Å². The van der Waals surface area contributed by atoms with Crippen molar-refractivity contribution in [2.24, 2.45) is 11.1 Å². The summed E-state index contributed by atoms with van der Waals surface area (Å²) in [6.45, 7) is 10.5. The molecule has 0 saturated carbocycles. The monoisotopic (exact) mass is 186 g/mol. The standard InChI is InChI=1S/C10H22N2O/c1-6-9(2,3)7-12-8(13)10(4,5)11/h6-7,11H2,1-5H3,(H,12,13). The molecule has 0 unspecified atom stereocenters. The van der Waals surface area contributed by atoms with Crippen molar-refractivity contribution < 1.29 is 4.79 Å².